The molecule has 4 saturated carbocycles. The zero-order valence-corrected chi connectivity index (χ0v) is 20.6. The van der Waals surface area contributed by atoms with Gasteiger partial charge in [-0.2, -0.15) is 13.2 Å². The molecular formula is C30H31F3O3. The van der Waals surface area contributed by atoms with Crippen LogP contribution in [0.4, 0.5) is 13.2 Å². The highest BCUT2D eigenvalue weighted by Gasteiger charge is 2.52. The number of ether oxygens (including phenoxy) is 2. The first-order valence-corrected chi connectivity index (χ1v) is 12.5. The van der Waals surface area contributed by atoms with Crippen LogP contribution in [-0.2, 0) is 21.1 Å². The van der Waals surface area contributed by atoms with Crippen LogP contribution in [0.15, 0.2) is 54.6 Å². The molecule has 0 aliphatic heterocycles. The molecule has 0 radical (unpaired) electrons. The van der Waals surface area contributed by atoms with Crippen molar-refractivity contribution in [3.63, 3.8) is 0 Å². The average molecular weight is 497 g/mol. The van der Waals surface area contributed by atoms with E-state index in [-0.39, 0.29) is 5.41 Å². The van der Waals surface area contributed by atoms with Crippen LogP contribution < -0.4 is 4.74 Å². The Balaban J connectivity index is 1.53. The van der Waals surface area contributed by atoms with E-state index in [4.69, 9.17) is 4.74 Å². The predicted octanol–water partition coefficient (Wildman–Crippen LogP) is 7.45. The number of benzene rings is 2. The molecule has 0 unspecified atom stereocenters. The number of carbonyl (C=O) groups is 1. The van der Waals surface area contributed by atoms with Gasteiger partial charge in [-0.25, -0.2) is 4.79 Å². The number of rotatable bonds is 6. The van der Waals surface area contributed by atoms with Gasteiger partial charge < -0.3 is 9.47 Å². The summed E-state index contributed by atoms with van der Waals surface area (Å²) in [5.74, 6) is 2.65. The third-order valence-corrected chi connectivity index (χ3v) is 8.28. The van der Waals surface area contributed by atoms with E-state index in [2.05, 4.69) is 10.8 Å². The van der Waals surface area contributed by atoms with Crippen molar-refractivity contribution in [2.75, 3.05) is 14.2 Å². The zero-order valence-electron chi connectivity index (χ0n) is 20.6. The highest BCUT2D eigenvalue weighted by Crippen LogP contribution is 2.61. The van der Waals surface area contributed by atoms with Gasteiger partial charge in [-0.3, -0.25) is 0 Å². The van der Waals surface area contributed by atoms with Gasteiger partial charge in [-0.05, 0) is 109 Å². The summed E-state index contributed by atoms with van der Waals surface area (Å²) in [6.45, 7) is 0. The minimum atomic E-state index is -4.46. The van der Waals surface area contributed by atoms with Crippen LogP contribution >= 0.6 is 0 Å². The van der Waals surface area contributed by atoms with Crippen molar-refractivity contribution >= 4 is 17.6 Å². The molecule has 2 aromatic carbocycles. The van der Waals surface area contributed by atoms with Gasteiger partial charge in [0.15, 0.2) is 0 Å². The van der Waals surface area contributed by atoms with E-state index >= 15 is 0 Å². The maximum Gasteiger partial charge on any atom is 0.416 e. The van der Waals surface area contributed by atoms with Crippen molar-refractivity contribution in [1.29, 1.82) is 0 Å². The maximum atomic E-state index is 13.4. The van der Waals surface area contributed by atoms with E-state index in [1.54, 1.807) is 19.3 Å². The minimum Gasteiger partial charge on any atom is -0.496 e. The lowest BCUT2D eigenvalue weighted by molar-refractivity contribution is -0.137. The lowest BCUT2D eigenvalue weighted by atomic mass is 9.48. The molecule has 0 amide bonds. The molecule has 0 aromatic heterocycles. The third kappa shape index (κ3) is 4.82. The van der Waals surface area contributed by atoms with E-state index in [0.29, 0.717) is 11.1 Å². The van der Waals surface area contributed by atoms with Gasteiger partial charge >= 0.3 is 12.1 Å². The van der Waals surface area contributed by atoms with Crippen molar-refractivity contribution < 1.29 is 27.4 Å². The Kier molecular flexibility index (Phi) is 6.48. The van der Waals surface area contributed by atoms with Crippen molar-refractivity contribution in [1.82, 2.24) is 0 Å². The molecule has 190 valence electrons. The predicted molar refractivity (Wildman–Crippen MR) is 133 cm³/mol. The lowest BCUT2D eigenvalue weighted by Crippen LogP contribution is -2.48. The van der Waals surface area contributed by atoms with Crippen LogP contribution in [0.2, 0.25) is 0 Å². The van der Waals surface area contributed by atoms with Gasteiger partial charge in [0.05, 0.1) is 19.8 Å². The molecule has 4 aliphatic carbocycles. The first kappa shape index (κ1) is 24.7. The maximum absolute atomic E-state index is 13.4. The molecule has 0 heterocycles. The smallest absolute Gasteiger partial charge is 0.416 e. The van der Waals surface area contributed by atoms with E-state index in [0.717, 1.165) is 41.2 Å². The summed E-state index contributed by atoms with van der Waals surface area (Å²) >= 11 is 0. The zero-order chi connectivity index (χ0) is 25.5. The summed E-state index contributed by atoms with van der Waals surface area (Å²) in [5.41, 5.74) is 2.29. The molecule has 2 aromatic rings. The Hall–Kier alpha value is -3.02. The Bertz CT molecular complexity index is 1170. The van der Waals surface area contributed by atoms with Crippen molar-refractivity contribution in [2.45, 2.75) is 50.1 Å². The van der Waals surface area contributed by atoms with Gasteiger partial charge in [0.25, 0.3) is 0 Å². The Morgan fingerprint density at radius 2 is 1.61 bits per heavy atom. The fourth-order valence-corrected chi connectivity index (χ4v) is 7.18. The second-order valence-electron chi connectivity index (χ2n) is 10.7. The van der Waals surface area contributed by atoms with Crippen LogP contribution in [0.5, 0.6) is 5.75 Å². The van der Waals surface area contributed by atoms with Gasteiger partial charge in [0.2, 0.25) is 0 Å². The lowest BCUT2D eigenvalue weighted by Gasteiger charge is -2.57. The number of carbonyl (C=O) groups excluding carboxylic acids is 1. The highest BCUT2D eigenvalue weighted by atomic mass is 19.4. The molecule has 0 N–H and O–H groups in total. The fraction of sp³-hybridized carbons (Fsp3) is 0.433. The molecule has 36 heavy (non-hydrogen) atoms. The van der Waals surface area contributed by atoms with Crippen LogP contribution in [0.25, 0.3) is 11.6 Å². The average Bonchev–Trinajstić information content (AvgIpc) is 2.84. The normalized spacial score (nSPS) is 27.5. The van der Waals surface area contributed by atoms with Crippen LogP contribution in [0.3, 0.4) is 0 Å². The Morgan fingerprint density at radius 1 is 0.944 bits per heavy atom. The summed E-state index contributed by atoms with van der Waals surface area (Å²) in [6, 6.07) is 11.2. The fourth-order valence-electron chi connectivity index (χ4n) is 7.18. The van der Waals surface area contributed by atoms with Crippen LogP contribution in [0.1, 0.15) is 60.8 Å². The molecule has 0 saturated heterocycles. The highest BCUT2D eigenvalue weighted by molar-refractivity contribution is 5.92. The second-order valence-corrected chi connectivity index (χ2v) is 10.7. The molecular weight excluding hydrogens is 465 g/mol. The van der Waals surface area contributed by atoms with Crippen LogP contribution in [0, 0.1) is 17.8 Å². The van der Waals surface area contributed by atoms with Crippen LogP contribution in [-0.4, -0.2) is 20.2 Å². The number of hydrogen-bond acceptors (Lipinski definition) is 3. The summed E-state index contributed by atoms with van der Waals surface area (Å²) in [4.78, 5) is 11.7. The number of esters is 1. The molecule has 6 heteroatoms. The quantitative estimate of drug-likeness (QED) is 0.180. The Morgan fingerprint density at radius 3 is 2.19 bits per heavy atom. The van der Waals surface area contributed by atoms with Gasteiger partial charge in [-0.15, -0.1) is 0 Å². The van der Waals surface area contributed by atoms with Crippen molar-refractivity contribution in [2.24, 2.45) is 17.8 Å². The number of methoxy groups -OCH3 is 2. The van der Waals surface area contributed by atoms with Crippen molar-refractivity contribution in [3.05, 3.63) is 76.9 Å². The Labute approximate surface area is 210 Å². The SMILES string of the molecule is COC(=O)C=CC(=Cc1ccc(C23CC4CC(CC(C4)C2)C3)c(OC)c1)c1cccc(C(F)(F)F)c1. The topological polar surface area (TPSA) is 35.5 Å². The first-order valence-electron chi connectivity index (χ1n) is 12.5. The van der Waals surface area contributed by atoms with Crippen molar-refractivity contribution in [3.8, 4) is 5.75 Å². The molecule has 4 bridgehead atoms. The number of halogens is 3. The first-order chi connectivity index (χ1) is 17.2. The molecule has 3 nitrogen and oxygen atoms in total. The van der Waals surface area contributed by atoms with E-state index in [1.165, 1.54) is 69.4 Å². The van der Waals surface area contributed by atoms with E-state index in [1.807, 2.05) is 12.1 Å². The largest absolute Gasteiger partial charge is 0.496 e. The number of hydrogen-bond donors (Lipinski definition) is 0. The monoisotopic (exact) mass is 496 g/mol. The van der Waals surface area contributed by atoms with E-state index in [9.17, 15) is 18.0 Å². The molecule has 0 atom stereocenters. The second kappa shape index (κ2) is 9.45. The molecule has 0 spiro atoms. The summed E-state index contributed by atoms with van der Waals surface area (Å²) < 4.78 is 50.6. The van der Waals surface area contributed by atoms with Gasteiger partial charge in [-0.1, -0.05) is 24.3 Å². The summed E-state index contributed by atoms with van der Waals surface area (Å²) in [6.07, 6.45) is 7.72. The standard InChI is InChI=1S/C30H31F3O3/c1-35-27-14-19(6-8-26(27)29-16-20-10-21(17-29)12-22(11-20)18-29)13-24(7-9-28(34)36-2)23-4-3-5-25(15-23)30(31,32)33/h3-9,13-15,20-22H,10-12,16-18H2,1-2H3. The molecule has 4 aliphatic rings. The summed E-state index contributed by atoms with van der Waals surface area (Å²) in [7, 11) is 2.94. The van der Waals surface area contributed by atoms with Gasteiger partial charge in [0, 0.05) is 11.6 Å². The van der Waals surface area contributed by atoms with E-state index < -0.39 is 17.7 Å². The molecule has 4 fully saturated rings. The number of alkyl halides is 3. The van der Waals surface area contributed by atoms with Gasteiger partial charge in [0.1, 0.15) is 5.75 Å². The molecule has 6 rings (SSSR count). The number of allylic oxidation sites excluding steroid dienone is 2. The third-order valence-electron chi connectivity index (χ3n) is 8.28. The minimum absolute atomic E-state index is 0.164. The summed E-state index contributed by atoms with van der Waals surface area (Å²) in [5, 5.41) is 0.